The fraction of sp³-hybridized carbons (Fsp3) is 1.00. The average Bonchev–Trinajstić information content (AvgIpc) is 1.57. The Morgan fingerprint density at radius 1 is 0.600 bits per heavy atom. The van der Waals surface area contributed by atoms with Gasteiger partial charge in [-0.25, -0.2) is 0 Å². The Morgan fingerprint density at radius 3 is 0.900 bits per heavy atom. The first-order chi connectivity index (χ1) is 4.21. The minimum Gasteiger partial charge on any atom is -0.298 e. The Bertz CT molecular complexity index is 87.3. The van der Waals surface area contributed by atoms with Crippen LogP contribution < -0.4 is 0 Å². The van der Waals surface area contributed by atoms with E-state index in [9.17, 15) is 0 Å². The van der Waals surface area contributed by atoms with Crippen molar-refractivity contribution in [2.45, 2.75) is 39.3 Å². The smallest absolute Gasteiger partial charge is 0.228 e. The lowest BCUT2D eigenvalue weighted by molar-refractivity contribution is -0.122. The topological polar surface area (TPSA) is 18.5 Å². The molecule has 0 N–H and O–H groups in total. The van der Waals surface area contributed by atoms with Gasteiger partial charge in [-0.2, -0.15) is 0 Å². The molecule has 62 valence electrons. The first-order valence-electron chi connectivity index (χ1n) is 3.57. The van der Waals surface area contributed by atoms with Crippen LogP contribution in [0, 0.1) is 0 Å². The molecule has 0 aromatic heterocycles. The lowest BCUT2D eigenvalue weighted by Crippen LogP contribution is -2.34. The maximum absolute atomic E-state index is 5.29. The van der Waals surface area contributed by atoms with Gasteiger partial charge in [0.2, 0.25) is 16.6 Å². The average molecular weight is 178 g/mol. The number of hydrogen-bond acceptors (Lipinski definition) is 2. The van der Waals surface area contributed by atoms with E-state index in [1.54, 1.807) is 0 Å². The van der Waals surface area contributed by atoms with E-state index >= 15 is 0 Å². The molecule has 0 radical (unpaired) electrons. The van der Waals surface area contributed by atoms with E-state index in [2.05, 4.69) is 39.3 Å². The van der Waals surface area contributed by atoms with Crippen molar-refractivity contribution in [1.29, 1.82) is 0 Å². The molecule has 10 heavy (non-hydrogen) atoms. The Kier molecular flexibility index (Phi) is 3.28. The molecule has 0 aliphatic heterocycles. The van der Waals surface area contributed by atoms with Crippen molar-refractivity contribution in [3.63, 3.8) is 0 Å². The molecule has 0 saturated carbocycles. The van der Waals surface area contributed by atoms with Gasteiger partial charge in [0.1, 0.15) is 0 Å². The molecular weight excluding hydrogens is 160 g/mol. The Labute approximate surface area is 65.7 Å². The molecular formula is C6H18O2Si2. The van der Waals surface area contributed by atoms with Gasteiger partial charge in [-0.15, -0.1) is 0 Å². The third kappa shape index (κ3) is 8.35. The number of rotatable bonds is 3. The van der Waals surface area contributed by atoms with Crippen LogP contribution in [0.15, 0.2) is 0 Å². The van der Waals surface area contributed by atoms with E-state index in [0.29, 0.717) is 0 Å². The summed E-state index contributed by atoms with van der Waals surface area (Å²) in [6, 6.07) is 0. The highest BCUT2D eigenvalue weighted by molar-refractivity contribution is 6.72. The van der Waals surface area contributed by atoms with Crippen LogP contribution >= 0.6 is 0 Å². The molecule has 0 aliphatic rings. The van der Waals surface area contributed by atoms with Crippen LogP contribution in [0.25, 0.3) is 0 Å². The standard InChI is InChI=1S/C6H18O2Si2/c1-9(2,3)7-8-10(4,5)6/h1-6H3. The molecule has 0 unspecified atom stereocenters. The van der Waals surface area contributed by atoms with Gasteiger partial charge in [0, 0.05) is 0 Å². The van der Waals surface area contributed by atoms with E-state index in [0.717, 1.165) is 0 Å². The van der Waals surface area contributed by atoms with Gasteiger partial charge >= 0.3 is 0 Å². The summed E-state index contributed by atoms with van der Waals surface area (Å²) in [7, 11) is -2.91. The van der Waals surface area contributed by atoms with E-state index < -0.39 is 16.6 Å². The Balaban J connectivity index is 3.56. The zero-order valence-electron chi connectivity index (χ0n) is 7.82. The molecule has 0 heterocycles. The summed E-state index contributed by atoms with van der Waals surface area (Å²) in [6.07, 6.45) is 0. The summed E-state index contributed by atoms with van der Waals surface area (Å²) >= 11 is 0. The third-order valence-electron chi connectivity index (χ3n) is 0.542. The third-order valence-corrected chi connectivity index (χ3v) is 1.88. The highest BCUT2D eigenvalue weighted by Gasteiger charge is 2.22. The van der Waals surface area contributed by atoms with Crippen LogP contribution in [0.4, 0.5) is 0 Å². The summed E-state index contributed by atoms with van der Waals surface area (Å²) in [4.78, 5) is 0. The van der Waals surface area contributed by atoms with Crippen molar-refractivity contribution in [3.05, 3.63) is 0 Å². The van der Waals surface area contributed by atoms with E-state index in [4.69, 9.17) is 9.15 Å². The summed E-state index contributed by atoms with van der Waals surface area (Å²) in [5.74, 6) is 0. The fourth-order valence-electron chi connectivity index (χ4n) is 0.250. The molecule has 0 bridgehead atoms. The molecule has 0 saturated heterocycles. The maximum atomic E-state index is 5.29. The molecule has 0 atom stereocenters. The van der Waals surface area contributed by atoms with E-state index in [-0.39, 0.29) is 0 Å². The lowest BCUT2D eigenvalue weighted by Gasteiger charge is -2.22. The zero-order valence-corrected chi connectivity index (χ0v) is 9.82. The Morgan fingerprint density at radius 2 is 0.800 bits per heavy atom. The highest BCUT2D eigenvalue weighted by atomic mass is 28.4. The van der Waals surface area contributed by atoms with E-state index in [1.165, 1.54) is 0 Å². The minimum absolute atomic E-state index is 1.45. The van der Waals surface area contributed by atoms with Crippen molar-refractivity contribution in [2.24, 2.45) is 0 Å². The molecule has 4 heteroatoms. The van der Waals surface area contributed by atoms with Crippen molar-refractivity contribution in [2.75, 3.05) is 0 Å². The normalized spacial score (nSPS) is 13.8. The summed E-state index contributed by atoms with van der Waals surface area (Å²) < 4.78 is 10.6. The minimum atomic E-state index is -1.45. The predicted octanol–water partition coefficient (Wildman–Crippen LogP) is 2.60. The second-order valence-corrected chi connectivity index (χ2v) is 13.2. The zero-order chi connectivity index (χ0) is 8.41. The van der Waals surface area contributed by atoms with Gasteiger partial charge in [0.05, 0.1) is 0 Å². The monoisotopic (exact) mass is 178 g/mol. The molecule has 0 rings (SSSR count). The molecule has 2 nitrogen and oxygen atoms in total. The SMILES string of the molecule is C[Si](C)(C)OO[Si](C)(C)C. The van der Waals surface area contributed by atoms with Gasteiger partial charge in [-0.3, -0.25) is 9.15 Å². The van der Waals surface area contributed by atoms with Gasteiger partial charge in [-0.1, -0.05) is 0 Å². The van der Waals surface area contributed by atoms with Gasteiger partial charge in [0.25, 0.3) is 0 Å². The Hall–Kier alpha value is 0.354. The van der Waals surface area contributed by atoms with Gasteiger partial charge < -0.3 is 0 Å². The lowest BCUT2D eigenvalue weighted by atomic mass is 11.8. The second-order valence-electron chi connectivity index (χ2n) is 4.39. The van der Waals surface area contributed by atoms with Crippen LogP contribution in [0.5, 0.6) is 0 Å². The van der Waals surface area contributed by atoms with Crippen molar-refractivity contribution >= 4 is 16.6 Å². The predicted molar refractivity (Wildman–Crippen MR) is 48.9 cm³/mol. The first kappa shape index (κ1) is 10.4. The van der Waals surface area contributed by atoms with E-state index in [1.807, 2.05) is 0 Å². The molecule has 0 amide bonds. The molecule has 0 aromatic rings. The first-order valence-corrected chi connectivity index (χ1v) is 10.4. The van der Waals surface area contributed by atoms with Crippen LogP contribution in [-0.2, 0) is 9.15 Å². The fourth-order valence-corrected chi connectivity index (χ4v) is 2.25. The largest absolute Gasteiger partial charge is 0.298 e. The molecule has 0 aliphatic carbocycles. The van der Waals surface area contributed by atoms with Crippen LogP contribution in [0.1, 0.15) is 0 Å². The van der Waals surface area contributed by atoms with Gasteiger partial charge in [0.15, 0.2) is 0 Å². The highest BCUT2D eigenvalue weighted by Crippen LogP contribution is 2.09. The number of hydrogen-bond donors (Lipinski definition) is 0. The molecule has 0 aromatic carbocycles. The quantitative estimate of drug-likeness (QED) is 0.376. The van der Waals surface area contributed by atoms with Crippen LogP contribution in [-0.4, -0.2) is 16.6 Å². The summed E-state index contributed by atoms with van der Waals surface area (Å²) in [5.41, 5.74) is 0. The second kappa shape index (κ2) is 3.17. The van der Waals surface area contributed by atoms with Crippen molar-refractivity contribution in [1.82, 2.24) is 0 Å². The van der Waals surface area contributed by atoms with Crippen LogP contribution in [0.2, 0.25) is 39.3 Å². The van der Waals surface area contributed by atoms with Crippen LogP contribution in [0.3, 0.4) is 0 Å². The summed E-state index contributed by atoms with van der Waals surface area (Å²) in [6.45, 7) is 12.7. The van der Waals surface area contributed by atoms with Crippen molar-refractivity contribution < 1.29 is 9.15 Å². The molecule has 0 spiro atoms. The maximum Gasteiger partial charge on any atom is 0.228 e. The van der Waals surface area contributed by atoms with Gasteiger partial charge in [-0.05, 0) is 39.3 Å². The van der Waals surface area contributed by atoms with Crippen molar-refractivity contribution in [3.8, 4) is 0 Å². The summed E-state index contributed by atoms with van der Waals surface area (Å²) in [5, 5.41) is 0. The molecule has 0 fully saturated rings.